The molecule has 47 heavy (non-hydrogen) atoms. The zero-order valence-electron chi connectivity index (χ0n) is 27.2. The third-order valence-electron chi connectivity index (χ3n) is 7.90. The second kappa shape index (κ2) is 15.1. The summed E-state index contributed by atoms with van der Waals surface area (Å²) in [6, 6.07) is 19.8. The second-order valence-corrected chi connectivity index (χ2v) is 11.2. The van der Waals surface area contributed by atoms with E-state index in [1.54, 1.807) is 39.1 Å². The zero-order chi connectivity index (χ0) is 32.6. The highest BCUT2D eigenvalue weighted by atomic mass is 16.6. The van der Waals surface area contributed by atoms with Crippen molar-refractivity contribution in [1.29, 1.82) is 0 Å². The third-order valence-corrected chi connectivity index (χ3v) is 7.90. The number of aromatic nitrogens is 2. The summed E-state index contributed by atoms with van der Waals surface area (Å²) in [6.07, 6.45) is 9.89. The van der Waals surface area contributed by atoms with Crippen LogP contribution in [-0.2, 0) is 13.9 Å². The Morgan fingerprint density at radius 1 is 0.638 bits per heavy atom. The van der Waals surface area contributed by atoms with Crippen LogP contribution in [0.4, 0.5) is 0 Å². The van der Waals surface area contributed by atoms with E-state index in [1.165, 1.54) is 0 Å². The Kier molecular flexibility index (Phi) is 10.3. The van der Waals surface area contributed by atoms with E-state index in [9.17, 15) is 0 Å². The lowest BCUT2D eigenvalue weighted by Gasteiger charge is -2.14. The zero-order valence-corrected chi connectivity index (χ0v) is 27.2. The summed E-state index contributed by atoms with van der Waals surface area (Å²) in [4.78, 5) is 9.44. The van der Waals surface area contributed by atoms with Gasteiger partial charge in [-0.25, -0.2) is 0 Å². The molecular formula is C36H38B2N2O7. The predicted molar refractivity (Wildman–Crippen MR) is 184 cm³/mol. The molecular weight excluding hydrogens is 594 g/mol. The van der Waals surface area contributed by atoms with Crippen LogP contribution in [0, 0.1) is 0 Å². The molecule has 4 aromatic rings. The van der Waals surface area contributed by atoms with Gasteiger partial charge in [0, 0.05) is 47.3 Å². The molecule has 0 saturated carbocycles. The van der Waals surface area contributed by atoms with Gasteiger partial charge in [-0.1, -0.05) is 38.1 Å². The Bertz CT molecular complexity index is 1640. The number of allylic oxidation sites excluding steroid dienone is 2. The molecule has 2 aromatic carbocycles. The molecule has 0 radical (unpaired) electrons. The molecule has 0 bridgehead atoms. The summed E-state index contributed by atoms with van der Waals surface area (Å²) in [5.41, 5.74) is 7.44. The minimum absolute atomic E-state index is 0.514. The van der Waals surface area contributed by atoms with Gasteiger partial charge < -0.3 is 32.8 Å². The fourth-order valence-corrected chi connectivity index (χ4v) is 5.63. The van der Waals surface area contributed by atoms with Crippen molar-refractivity contribution in [3.8, 4) is 45.3 Å². The van der Waals surface area contributed by atoms with Gasteiger partial charge in [0.05, 0.1) is 51.3 Å². The van der Waals surface area contributed by atoms with Gasteiger partial charge in [-0.05, 0) is 60.4 Å². The number of methoxy groups -OCH3 is 2. The number of nitrogens with zero attached hydrogens (tertiary/aromatic N) is 2. The highest BCUT2D eigenvalue weighted by Gasteiger charge is 2.38. The maximum absolute atomic E-state index is 6.28. The van der Waals surface area contributed by atoms with Crippen LogP contribution in [0.5, 0.6) is 23.0 Å². The first kappa shape index (κ1) is 32.1. The van der Waals surface area contributed by atoms with Crippen molar-refractivity contribution < 1.29 is 32.8 Å². The van der Waals surface area contributed by atoms with E-state index in [0.29, 0.717) is 48.9 Å². The summed E-state index contributed by atoms with van der Waals surface area (Å²) in [7, 11) is 2.26. The smallest absolute Gasteiger partial charge is 0.516 e. The number of hydrogen-bond donors (Lipinski definition) is 0. The molecule has 2 aliphatic heterocycles. The van der Waals surface area contributed by atoms with E-state index < -0.39 is 14.2 Å². The normalized spacial score (nSPS) is 13.9. The molecule has 0 atom stereocenters. The summed E-state index contributed by atoms with van der Waals surface area (Å²) < 4.78 is 41.2. The van der Waals surface area contributed by atoms with Crippen LogP contribution in [0.1, 0.15) is 38.1 Å². The van der Waals surface area contributed by atoms with Gasteiger partial charge >= 0.3 is 14.2 Å². The Hall–Kier alpha value is -4.89. The van der Waals surface area contributed by atoms with E-state index >= 15 is 0 Å². The Morgan fingerprint density at radius 3 is 1.53 bits per heavy atom. The highest BCUT2D eigenvalue weighted by molar-refractivity contribution is 6.63. The number of rotatable bonds is 14. The van der Waals surface area contributed by atoms with Gasteiger partial charge in [0.15, 0.2) is 23.0 Å². The molecule has 0 unspecified atom stereocenters. The lowest BCUT2D eigenvalue weighted by molar-refractivity contribution is 0.294. The molecule has 0 fully saturated rings. The second-order valence-electron chi connectivity index (χ2n) is 11.2. The lowest BCUT2D eigenvalue weighted by atomic mass is 9.73. The van der Waals surface area contributed by atoms with Gasteiger partial charge in [-0.2, -0.15) is 0 Å². The molecule has 6 rings (SSSR count). The minimum Gasteiger partial charge on any atom is -0.542 e. The number of pyridine rings is 2. The first-order chi connectivity index (χ1) is 23.1. The Labute approximate surface area is 276 Å². The topological polar surface area (TPSA) is 90.4 Å². The molecule has 4 heterocycles. The van der Waals surface area contributed by atoms with E-state index in [4.69, 9.17) is 42.8 Å². The summed E-state index contributed by atoms with van der Waals surface area (Å²) in [5.74, 6) is 2.80. The fraction of sp³-hybridized carbons (Fsp3) is 0.278. The lowest BCUT2D eigenvalue weighted by Crippen LogP contribution is -2.28. The predicted octanol–water partition coefficient (Wildman–Crippen LogP) is 7.84. The average molecular weight is 632 g/mol. The standard InChI is InChI=1S/C36H38B2N2O7/c1-5-17-43-33-19-25(11-13-31(33)41-3)29-9-7-15-39-35(29)27-21-37(45-23-27)47-38-22-28(24-46-38)36-30(10-8-16-40-36)26-12-14-32(42-4)34(20-26)44-18-6-2/h7-16,19-20,23-24H,5-6,17-18,21-22H2,1-4H3. The van der Waals surface area contributed by atoms with Gasteiger partial charge in [0.1, 0.15) is 0 Å². The van der Waals surface area contributed by atoms with E-state index in [0.717, 1.165) is 57.6 Å². The number of ether oxygens (including phenoxy) is 4. The van der Waals surface area contributed by atoms with Crippen LogP contribution in [0.3, 0.4) is 0 Å². The van der Waals surface area contributed by atoms with Gasteiger partial charge in [0.25, 0.3) is 0 Å². The van der Waals surface area contributed by atoms with Gasteiger partial charge in [0.2, 0.25) is 0 Å². The van der Waals surface area contributed by atoms with Crippen molar-refractivity contribution in [3.05, 3.63) is 97.0 Å². The van der Waals surface area contributed by atoms with Crippen LogP contribution < -0.4 is 18.9 Å². The number of hydrogen-bond acceptors (Lipinski definition) is 9. The van der Waals surface area contributed by atoms with Crippen molar-refractivity contribution in [3.63, 3.8) is 0 Å². The van der Waals surface area contributed by atoms with Crippen LogP contribution in [0.25, 0.3) is 33.4 Å². The molecule has 240 valence electrons. The molecule has 0 amide bonds. The fourth-order valence-electron chi connectivity index (χ4n) is 5.63. The minimum atomic E-state index is -0.514. The summed E-state index contributed by atoms with van der Waals surface area (Å²) in [5, 5.41) is 0. The van der Waals surface area contributed by atoms with Crippen LogP contribution in [-0.4, -0.2) is 51.6 Å². The van der Waals surface area contributed by atoms with E-state index in [1.807, 2.05) is 60.7 Å². The van der Waals surface area contributed by atoms with Crippen LogP contribution in [0.15, 0.2) is 85.6 Å². The van der Waals surface area contributed by atoms with Crippen molar-refractivity contribution >= 4 is 25.4 Å². The molecule has 11 heteroatoms. The van der Waals surface area contributed by atoms with Crippen LogP contribution >= 0.6 is 0 Å². The Balaban J connectivity index is 1.13. The van der Waals surface area contributed by atoms with Gasteiger partial charge in [-0.15, -0.1) is 0 Å². The molecule has 0 aliphatic carbocycles. The highest BCUT2D eigenvalue weighted by Crippen LogP contribution is 2.40. The largest absolute Gasteiger partial charge is 0.542 e. The average Bonchev–Trinajstić information content (AvgIpc) is 3.79. The van der Waals surface area contributed by atoms with Gasteiger partial charge in [-0.3, -0.25) is 9.97 Å². The quantitative estimate of drug-likeness (QED) is 0.129. The molecule has 0 N–H and O–H groups in total. The first-order valence-electron chi connectivity index (χ1n) is 16.0. The number of benzene rings is 2. The first-order valence-corrected chi connectivity index (χ1v) is 16.0. The van der Waals surface area contributed by atoms with Crippen molar-refractivity contribution in [2.75, 3.05) is 27.4 Å². The summed E-state index contributed by atoms with van der Waals surface area (Å²) >= 11 is 0. The third kappa shape index (κ3) is 7.25. The maximum Gasteiger partial charge on any atom is 0.516 e. The van der Waals surface area contributed by atoms with E-state index in [2.05, 4.69) is 13.8 Å². The van der Waals surface area contributed by atoms with Crippen molar-refractivity contribution in [1.82, 2.24) is 9.97 Å². The van der Waals surface area contributed by atoms with Crippen molar-refractivity contribution in [2.45, 2.75) is 39.3 Å². The van der Waals surface area contributed by atoms with E-state index in [-0.39, 0.29) is 0 Å². The maximum atomic E-state index is 6.28. The monoisotopic (exact) mass is 632 g/mol. The van der Waals surface area contributed by atoms with Crippen molar-refractivity contribution in [2.24, 2.45) is 0 Å². The molecule has 0 spiro atoms. The summed E-state index contributed by atoms with van der Waals surface area (Å²) in [6.45, 7) is 5.36. The molecule has 9 nitrogen and oxygen atoms in total. The van der Waals surface area contributed by atoms with Crippen LogP contribution in [0.2, 0.25) is 12.6 Å². The SMILES string of the molecule is CCCOc1cc(-c2cccnc2C2=COB(OB3CC(c4ncccc4-c4ccc(OC)c(OCCC)c4)=CO3)C2)ccc1OC. The molecule has 2 aromatic heterocycles. The Morgan fingerprint density at radius 2 is 1.11 bits per heavy atom. The molecule has 2 aliphatic rings. The molecule has 0 saturated heterocycles.